The molecule has 1 aliphatic carbocycles. The summed E-state index contributed by atoms with van der Waals surface area (Å²) in [5.41, 5.74) is 1.12. The number of aromatic nitrogens is 2. The van der Waals surface area contributed by atoms with Gasteiger partial charge in [-0.3, -0.25) is 9.59 Å². The quantitative estimate of drug-likeness (QED) is 0.789. The highest BCUT2D eigenvalue weighted by molar-refractivity contribution is 5.91. The first-order valence-corrected chi connectivity index (χ1v) is 10.9. The first-order valence-electron chi connectivity index (χ1n) is 10.9. The standard InChI is InChI=1S/C24H28N4O2/c1-16(29)27-18(14-17-8-4-3-5-9-17)19-15-24(2)20(27)10-6-11-21(24)28(19)23(30)22-25-12-7-13-26-22/h3-5,7-9,12-13,18-21H,6,10-11,14-15H2,1-2H3/t18-,19-,20+,21-,24+/m0/s1. The minimum Gasteiger partial charge on any atom is -0.334 e. The van der Waals surface area contributed by atoms with Crippen LogP contribution in [0, 0.1) is 5.41 Å². The molecule has 2 bridgehead atoms. The van der Waals surface area contributed by atoms with Crippen molar-refractivity contribution >= 4 is 11.8 Å². The maximum Gasteiger partial charge on any atom is 0.292 e. The van der Waals surface area contributed by atoms with Gasteiger partial charge in [-0.1, -0.05) is 37.3 Å². The highest BCUT2D eigenvalue weighted by atomic mass is 16.2. The maximum atomic E-state index is 13.6. The van der Waals surface area contributed by atoms with Gasteiger partial charge < -0.3 is 9.80 Å². The Morgan fingerprint density at radius 2 is 1.70 bits per heavy atom. The van der Waals surface area contributed by atoms with E-state index in [-0.39, 0.29) is 47.2 Å². The molecule has 1 aromatic carbocycles. The molecule has 1 aromatic heterocycles. The van der Waals surface area contributed by atoms with Gasteiger partial charge in [-0.15, -0.1) is 0 Å². The summed E-state index contributed by atoms with van der Waals surface area (Å²) in [6, 6.07) is 12.3. The molecule has 3 heterocycles. The average molecular weight is 405 g/mol. The Hall–Kier alpha value is -2.76. The number of rotatable bonds is 3. The van der Waals surface area contributed by atoms with Crippen molar-refractivity contribution in [1.29, 1.82) is 0 Å². The van der Waals surface area contributed by atoms with E-state index in [9.17, 15) is 9.59 Å². The first-order chi connectivity index (χ1) is 14.5. The van der Waals surface area contributed by atoms with Crippen LogP contribution in [0.2, 0.25) is 0 Å². The molecule has 30 heavy (non-hydrogen) atoms. The Kier molecular flexibility index (Phi) is 4.60. The van der Waals surface area contributed by atoms with E-state index < -0.39 is 0 Å². The van der Waals surface area contributed by atoms with E-state index in [1.54, 1.807) is 25.4 Å². The molecule has 0 unspecified atom stereocenters. The van der Waals surface area contributed by atoms with Crippen LogP contribution in [0.1, 0.15) is 55.7 Å². The van der Waals surface area contributed by atoms with Gasteiger partial charge in [-0.05, 0) is 43.7 Å². The van der Waals surface area contributed by atoms with Crippen LogP contribution in [-0.4, -0.2) is 55.7 Å². The molecule has 5 rings (SSSR count). The van der Waals surface area contributed by atoms with Crippen molar-refractivity contribution in [1.82, 2.24) is 19.8 Å². The maximum absolute atomic E-state index is 13.6. The third-order valence-corrected chi connectivity index (χ3v) is 7.60. The fraction of sp³-hybridized carbons (Fsp3) is 0.500. The lowest BCUT2D eigenvalue weighted by atomic mass is 9.64. The van der Waals surface area contributed by atoms with Crippen molar-refractivity contribution in [3.63, 3.8) is 0 Å². The number of carbonyl (C=O) groups excluding carboxylic acids is 2. The molecular formula is C24H28N4O2. The van der Waals surface area contributed by atoms with Crippen LogP contribution in [0.4, 0.5) is 0 Å². The number of piperidine rings is 1. The Morgan fingerprint density at radius 1 is 1.03 bits per heavy atom. The van der Waals surface area contributed by atoms with Crippen LogP contribution in [0.5, 0.6) is 0 Å². The fourth-order valence-corrected chi connectivity index (χ4v) is 6.45. The van der Waals surface area contributed by atoms with E-state index in [1.807, 2.05) is 18.2 Å². The second-order valence-electron chi connectivity index (χ2n) is 9.21. The summed E-state index contributed by atoms with van der Waals surface area (Å²) in [6.45, 7) is 3.96. The summed E-state index contributed by atoms with van der Waals surface area (Å²) in [4.78, 5) is 39.2. The minimum atomic E-state index is -0.0987. The van der Waals surface area contributed by atoms with Crippen molar-refractivity contribution in [2.75, 3.05) is 0 Å². The van der Waals surface area contributed by atoms with Gasteiger partial charge in [0.1, 0.15) is 0 Å². The Balaban J connectivity index is 1.59. The lowest BCUT2D eigenvalue weighted by Crippen LogP contribution is -2.62. The SMILES string of the molecule is CC(=O)N1[C@@H](Cc2ccccc2)[C@@H]2C[C@@]3(C)[C@H](CCC[C@@H]13)N2C(=O)c1ncccn1. The number of benzene rings is 1. The molecule has 0 spiro atoms. The summed E-state index contributed by atoms with van der Waals surface area (Å²) in [6.07, 6.45) is 7.94. The predicted molar refractivity (Wildman–Crippen MR) is 113 cm³/mol. The van der Waals surface area contributed by atoms with Crippen LogP contribution in [0.25, 0.3) is 0 Å². The number of hydrogen-bond donors (Lipinski definition) is 0. The molecule has 2 saturated heterocycles. The second-order valence-corrected chi connectivity index (χ2v) is 9.21. The van der Waals surface area contributed by atoms with Gasteiger partial charge in [0.25, 0.3) is 5.91 Å². The molecule has 2 aromatic rings. The van der Waals surface area contributed by atoms with Gasteiger partial charge >= 0.3 is 0 Å². The van der Waals surface area contributed by atoms with Crippen molar-refractivity contribution in [2.45, 2.75) is 70.1 Å². The number of fused-ring (bicyclic) bond motifs is 1. The van der Waals surface area contributed by atoms with Crippen molar-refractivity contribution in [3.05, 3.63) is 60.2 Å². The van der Waals surface area contributed by atoms with E-state index in [4.69, 9.17) is 0 Å². The van der Waals surface area contributed by atoms with Gasteiger partial charge in [0.05, 0.1) is 12.1 Å². The Bertz CT molecular complexity index is 950. The van der Waals surface area contributed by atoms with E-state index in [1.165, 1.54) is 5.56 Å². The van der Waals surface area contributed by atoms with E-state index in [2.05, 4.69) is 38.8 Å². The zero-order chi connectivity index (χ0) is 20.9. The molecule has 6 nitrogen and oxygen atoms in total. The molecule has 6 heteroatoms. The molecule has 5 atom stereocenters. The molecule has 1 saturated carbocycles. The predicted octanol–water partition coefficient (Wildman–Crippen LogP) is 3.09. The molecule has 156 valence electrons. The Labute approximate surface area is 177 Å². The number of carbonyl (C=O) groups is 2. The van der Waals surface area contributed by atoms with Gasteiger partial charge in [0.15, 0.2) is 0 Å². The largest absolute Gasteiger partial charge is 0.334 e. The van der Waals surface area contributed by atoms with E-state index >= 15 is 0 Å². The number of amides is 2. The molecule has 2 amide bonds. The molecule has 3 fully saturated rings. The van der Waals surface area contributed by atoms with Crippen LogP contribution in [0.3, 0.4) is 0 Å². The van der Waals surface area contributed by atoms with Gasteiger partial charge in [0, 0.05) is 36.8 Å². The van der Waals surface area contributed by atoms with E-state index in [0.29, 0.717) is 0 Å². The number of likely N-dealkylation sites (tertiary alicyclic amines) is 2. The van der Waals surface area contributed by atoms with Crippen LogP contribution < -0.4 is 0 Å². The molecule has 0 radical (unpaired) electrons. The first kappa shape index (κ1) is 19.2. The summed E-state index contributed by atoms with van der Waals surface area (Å²) in [7, 11) is 0. The molecular weight excluding hydrogens is 376 g/mol. The monoisotopic (exact) mass is 404 g/mol. The minimum absolute atomic E-state index is 0.0187. The van der Waals surface area contributed by atoms with Crippen molar-refractivity contribution in [2.24, 2.45) is 5.41 Å². The lowest BCUT2D eigenvalue weighted by Gasteiger charge is -2.52. The summed E-state index contributed by atoms with van der Waals surface area (Å²) in [5.74, 6) is 0.268. The van der Waals surface area contributed by atoms with Crippen LogP contribution >= 0.6 is 0 Å². The third-order valence-electron chi connectivity index (χ3n) is 7.60. The number of hydrogen-bond acceptors (Lipinski definition) is 4. The Morgan fingerprint density at radius 3 is 2.37 bits per heavy atom. The molecule has 2 aliphatic heterocycles. The topological polar surface area (TPSA) is 66.4 Å². The average Bonchev–Trinajstić information content (AvgIpc) is 3.07. The van der Waals surface area contributed by atoms with E-state index in [0.717, 1.165) is 32.1 Å². The van der Waals surface area contributed by atoms with Gasteiger partial charge in [-0.25, -0.2) is 9.97 Å². The number of nitrogens with zero attached hydrogens (tertiary/aromatic N) is 4. The summed E-state index contributed by atoms with van der Waals surface area (Å²) < 4.78 is 0. The normalized spacial score (nSPS) is 32.2. The van der Waals surface area contributed by atoms with Crippen LogP contribution in [-0.2, 0) is 11.2 Å². The molecule has 3 aliphatic rings. The highest BCUT2D eigenvalue weighted by Crippen LogP contribution is 2.56. The smallest absolute Gasteiger partial charge is 0.292 e. The summed E-state index contributed by atoms with van der Waals surface area (Å²) in [5, 5.41) is 0. The van der Waals surface area contributed by atoms with Gasteiger partial charge in [0.2, 0.25) is 11.7 Å². The lowest BCUT2D eigenvalue weighted by molar-refractivity contribution is -0.142. The van der Waals surface area contributed by atoms with Gasteiger partial charge in [-0.2, -0.15) is 0 Å². The van der Waals surface area contributed by atoms with Crippen molar-refractivity contribution < 1.29 is 9.59 Å². The third kappa shape index (κ3) is 2.84. The zero-order valence-electron chi connectivity index (χ0n) is 17.6. The van der Waals surface area contributed by atoms with Crippen LogP contribution in [0.15, 0.2) is 48.8 Å². The zero-order valence-corrected chi connectivity index (χ0v) is 17.6. The van der Waals surface area contributed by atoms with Crippen molar-refractivity contribution in [3.8, 4) is 0 Å². The highest BCUT2D eigenvalue weighted by Gasteiger charge is 2.64. The fourth-order valence-electron chi connectivity index (χ4n) is 6.45. The second kappa shape index (κ2) is 7.18. The summed E-state index contributed by atoms with van der Waals surface area (Å²) >= 11 is 0. The molecule has 0 N–H and O–H groups in total.